The fourth-order valence-corrected chi connectivity index (χ4v) is 2.37. The lowest BCUT2D eigenvalue weighted by atomic mass is 10.4. The van der Waals surface area contributed by atoms with Crippen molar-refractivity contribution in [3.63, 3.8) is 0 Å². The molecule has 0 aliphatic rings. The molecule has 0 amide bonds. The van der Waals surface area contributed by atoms with E-state index >= 15 is 0 Å². The molecule has 0 saturated heterocycles. The molecular weight excluding hydrogens is 234 g/mol. The van der Waals surface area contributed by atoms with Crippen LogP contribution in [-0.2, 0) is 16.6 Å². The highest BCUT2D eigenvalue weighted by Gasteiger charge is 2.06. The number of rotatable bonds is 6. The summed E-state index contributed by atoms with van der Waals surface area (Å²) >= 11 is 1.57. The summed E-state index contributed by atoms with van der Waals surface area (Å²) < 4.78 is 24.4. The molecule has 5 nitrogen and oxygen atoms in total. The van der Waals surface area contributed by atoms with Crippen molar-refractivity contribution in [2.75, 3.05) is 19.3 Å². The molecule has 0 aliphatic carbocycles. The van der Waals surface area contributed by atoms with Crippen LogP contribution in [0, 0.1) is 6.92 Å². The molecule has 0 spiro atoms. The predicted octanol–water partition coefficient (Wildman–Crippen LogP) is 0.0903. The fraction of sp³-hybridized carbons (Fsp3) is 0.625. The van der Waals surface area contributed by atoms with Gasteiger partial charge >= 0.3 is 0 Å². The first-order valence-corrected chi connectivity index (χ1v) is 7.09. The molecule has 0 aliphatic heterocycles. The molecule has 1 heterocycles. The van der Waals surface area contributed by atoms with Crippen molar-refractivity contribution in [2.45, 2.75) is 13.5 Å². The Morgan fingerprint density at radius 3 is 2.80 bits per heavy atom. The van der Waals surface area contributed by atoms with Crippen LogP contribution in [0.15, 0.2) is 5.51 Å². The Bertz CT molecular complexity index is 400. The minimum absolute atomic E-state index is 0.0986. The molecule has 0 bridgehead atoms. The van der Waals surface area contributed by atoms with Gasteiger partial charge in [0.05, 0.1) is 17.0 Å². The van der Waals surface area contributed by atoms with Gasteiger partial charge in [0.1, 0.15) is 0 Å². The van der Waals surface area contributed by atoms with Crippen LogP contribution >= 0.6 is 11.3 Å². The first-order valence-electron chi connectivity index (χ1n) is 4.56. The van der Waals surface area contributed by atoms with Crippen molar-refractivity contribution < 1.29 is 8.42 Å². The summed E-state index contributed by atoms with van der Waals surface area (Å²) in [6.45, 7) is 3.06. The Balaban J connectivity index is 2.26. The van der Waals surface area contributed by atoms with Crippen LogP contribution in [-0.4, -0.2) is 32.7 Å². The minimum atomic E-state index is -3.10. The van der Waals surface area contributed by atoms with Crippen LogP contribution in [0.5, 0.6) is 0 Å². The van der Waals surface area contributed by atoms with E-state index < -0.39 is 10.0 Å². The number of thiazole rings is 1. The van der Waals surface area contributed by atoms with E-state index in [1.807, 2.05) is 6.92 Å². The maximum atomic E-state index is 11.1. The molecule has 0 aromatic carbocycles. The van der Waals surface area contributed by atoms with E-state index in [0.717, 1.165) is 10.6 Å². The minimum Gasteiger partial charge on any atom is -0.311 e. The third kappa shape index (κ3) is 4.25. The predicted molar refractivity (Wildman–Crippen MR) is 61.4 cm³/mol. The van der Waals surface area contributed by atoms with Crippen LogP contribution in [0.4, 0.5) is 0 Å². The summed E-state index contributed by atoms with van der Waals surface area (Å²) in [6.07, 6.45) is 0. The molecule has 2 N–H and O–H groups in total. The van der Waals surface area contributed by atoms with Crippen molar-refractivity contribution in [1.82, 2.24) is 15.0 Å². The molecule has 1 aromatic rings. The van der Waals surface area contributed by atoms with Gasteiger partial charge in [-0.15, -0.1) is 11.3 Å². The monoisotopic (exact) mass is 249 g/mol. The van der Waals surface area contributed by atoms with Gasteiger partial charge < -0.3 is 5.32 Å². The molecule has 0 saturated carbocycles. The topological polar surface area (TPSA) is 71.1 Å². The number of nitrogens with zero attached hydrogens (tertiary/aromatic N) is 1. The van der Waals surface area contributed by atoms with E-state index in [2.05, 4.69) is 15.0 Å². The zero-order valence-electron chi connectivity index (χ0n) is 8.78. The van der Waals surface area contributed by atoms with Crippen molar-refractivity contribution in [2.24, 2.45) is 0 Å². The second kappa shape index (κ2) is 5.55. The Labute approximate surface area is 94.0 Å². The normalized spacial score (nSPS) is 11.9. The highest BCUT2D eigenvalue weighted by Crippen LogP contribution is 2.10. The molecule has 1 rings (SSSR count). The highest BCUT2D eigenvalue weighted by molar-refractivity contribution is 7.89. The van der Waals surface area contributed by atoms with Crippen LogP contribution in [0.1, 0.15) is 10.6 Å². The average molecular weight is 249 g/mol. The van der Waals surface area contributed by atoms with Crippen molar-refractivity contribution in [3.8, 4) is 0 Å². The van der Waals surface area contributed by atoms with Gasteiger partial charge in [-0.2, -0.15) is 0 Å². The van der Waals surface area contributed by atoms with Crippen LogP contribution in [0.2, 0.25) is 0 Å². The number of nitrogens with one attached hydrogen (secondary N) is 2. The fourth-order valence-electron chi connectivity index (χ4n) is 1.01. The van der Waals surface area contributed by atoms with Crippen molar-refractivity contribution >= 4 is 21.4 Å². The van der Waals surface area contributed by atoms with Gasteiger partial charge in [0.15, 0.2) is 0 Å². The summed E-state index contributed by atoms with van der Waals surface area (Å²) in [5, 5.41) is 3.07. The summed E-state index contributed by atoms with van der Waals surface area (Å²) in [7, 11) is -1.68. The zero-order valence-corrected chi connectivity index (χ0v) is 10.4. The van der Waals surface area contributed by atoms with E-state index in [-0.39, 0.29) is 5.75 Å². The largest absolute Gasteiger partial charge is 0.311 e. The van der Waals surface area contributed by atoms with Crippen molar-refractivity contribution in [1.29, 1.82) is 0 Å². The first kappa shape index (κ1) is 12.6. The first-order chi connectivity index (χ1) is 7.05. The van der Waals surface area contributed by atoms with Gasteiger partial charge in [-0.3, -0.25) is 0 Å². The number of hydrogen-bond acceptors (Lipinski definition) is 5. The maximum absolute atomic E-state index is 11.1. The third-order valence-corrected chi connectivity index (χ3v) is 4.29. The molecule has 1 aromatic heterocycles. The van der Waals surface area contributed by atoms with Crippen LogP contribution in [0.25, 0.3) is 0 Å². The van der Waals surface area contributed by atoms with Gasteiger partial charge in [0.2, 0.25) is 10.0 Å². The molecule has 15 heavy (non-hydrogen) atoms. The van der Waals surface area contributed by atoms with E-state index in [4.69, 9.17) is 0 Å². The van der Waals surface area contributed by atoms with Gasteiger partial charge in [0.25, 0.3) is 0 Å². The molecule has 0 radical (unpaired) electrons. The third-order valence-electron chi connectivity index (χ3n) is 1.99. The number of sulfonamides is 1. The van der Waals surface area contributed by atoms with Gasteiger partial charge in [-0.1, -0.05) is 0 Å². The van der Waals surface area contributed by atoms with Crippen LogP contribution < -0.4 is 10.0 Å². The number of aryl methyl sites for hydroxylation is 1. The van der Waals surface area contributed by atoms with Crippen molar-refractivity contribution in [3.05, 3.63) is 16.1 Å². The standard InChI is InChI=1S/C8H15N3O2S2/c1-7-8(14-6-11-7)5-10-3-4-15(12,13)9-2/h6,9-10H,3-5H2,1-2H3. The molecule has 86 valence electrons. The van der Waals surface area contributed by atoms with E-state index in [0.29, 0.717) is 13.1 Å². The highest BCUT2D eigenvalue weighted by atomic mass is 32.2. The lowest BCUT2D eigenvalue weighted by molar-refractivity contribution is 0.583. The smallest absolute Gasteiger partial charge is 0.212 e. The molecule has 7 heteroatoms. The SMILES string of the molecule is CNS(=O)(=O)CCNCc1scnc1C. The zero-order chi connectivity index (χ0) is 11.3. The van der Waals surface area contributed by atoms with E-state index in [9.17, 15) is 8.42 Å². The summed E-state index contributed by atoms with van der Waals surface area (Å²) in [5.74, 6) is 0.0986. The maximum Gasteiger partial charge on any atom is 0.212 e. The summed E-state index contributed by atoms with van der Waals surface area (Å²) in [6, 6.07) is 0. The Morgan fingerprint density at radius 2 is 2.27 bits per heavy atom. The quantitative estimate of drug-likeness (QED) is 0.701. The Hall–Kier alpha value is -0.500. The van der Waals surface area contributed by atoms with E-state index in [1.165, 1.54) is 7.05 Å². The van der Waals surface area contributed by atoms with E-state index in [1.54, 1.807) is 16.8 Å². The average Bonchev–Trinajstić information content (AvgIpc) is 2.59. The van der Waals surface area contributed by atoms with Gasteiger partial charge in [-0.05, 0) is 14.0 Å². The second-order valence-electron chi connectivity index (χ2n) is 3.06. The molecular formula is C8H15N3O2S2. The summed E-state index contributed by atoms with van der Waals surface area (Å²) in [4.78, 5) is 5.26. The van der Waals surface area contributed by atoms with Crippen LogP contribution in [0.3, 0.4) is 0 Å². The summed E-state index contributed by atoms with van der Waals surface area (Å²) in [5.41, 5.74) is 2.79. The van der Waals surface area contributed by atoms with Gasteiger partial charge in [0, 0.05) is 18.0 Å². The van der Waals surface area contributed by atoms with Gasteiger partial charge in [-0.25, -0.2) is 18.1 Å². The lowest BCUT2D eigenvalue weighted by Gasteiger charge is -2.04. The Kier molecular flexibility index (Phi) is 4.65. The molecule has 0 unspecified atom stereocenters. The number of aromatic nitrogens is 1. The Morgan fingerprint density at radius 1 is 1.53 bits per heavy atom. The second-order valence-corrected chi connectivity index (χ2v) is 6.05. The molecule has 0 fully saturated rings. The molecule has 0 atom stereocenters. The number of hydrogen-bond donors (Lipinski definition) is 2. The lowest BCUT2D eigenvalue weighted by Crippen LogP contribution is -2.29.